The summed E-state index contributed by atoms with van der Waals surface area (Å²) in [4.78, 5) is 13.4. The predicted molar refractivity (Wildman–Crippen MR) is 137 cm³/mol. The number of hydrogen-bond acceptors (Lipinski definition) is 5. The lowest BCUT2D eigenvalue weighted by Crippen LogP contribution is -2.61. The van der Waals surface area contributed by atoms with E-state index in [1.807, 2.05) is 30.3 Å². The third-order valence-corrected chi connectivity index (χ3v) is 11.8. The van der Waals surface area contributed by atoms with Gasteiger partial charge in [-0.25, -0.2) is 4.79 Å². The Bertz CT molecular complexity index is 957. The minimum atomic E-state index is -0.427. The predicted octanol–water partition coefficient (Wildman–Crippen LogP) is 5.85. The number of hydrogen-bond donors (Lipinski definition) is 1. The molecule has 1 saturated heterocycles. The number of esters is 1. The van der Waals surface area contributed by atoms with E-state index in [2.05, 4.69) is 20.8 Å². The average molecular weight is 497 g/mol. The third-order valence-electron chi connectivity index (χ3n) is 11.8. The highest BCUT2D eigenvalue weighted by molar-refractivity contribution is 5.89. The number of benzene rings is 1. The normalized spacial score (nSPS) is 43.9. The molecule has 5 fully saturated rings. The van der Waals surface area contributed by atoms with Crippen molar-refractivity contribution < 1.29 is 24.1 Å². The van der Waals surface area contributed by atoms with Gasteiger partial charge in [-0.05, 0) is 91.1 Å². The van der Waals surface area contributed by atoms with Crippen LogP contribution in [0.25, 0.3) is 0 Å². The Hall–Kier alpha value is -1.43. The van der Waals surface area contributed by atoms with Crippen LogP contribution in [0.15, 0.2) is 30.3 Å². The number of ether oxygens (including phenoxy) is 3. The summed E-state index contributed by atoms with van der Waals surface area (Å²) in [6, 6.07) is 9.48. The minimum absolute atomic E-state index is 0.0786. The van der Waals surface area contributed by atoms with Crippen molar-refractivity contribution in [3.05, 3.63) is 35.9 Å². The molecule has 198 valence electrons. The number of aliphatic hydroxyl groups is 1. The van der Waals surface area contributed by atoms with E-state index in [9.17, 15) is 9.90 Å². The number of carbonyl (C=O) groups is 1. The molecule has 1 spiro atoms. The summed E-state index contributed by atoms with van der Waals surface area (Å²) < 4.78 is 18.9. The summed E-state index contributed by atoms with van der Waals surface area (Å²) in [5.41, 5.74) is 1.07. The van der Waals surface area contributed by atoms with E-state index >= 15 is 0 Å². The van der Waals surface area contributed by atoms with Crippen LogP contribution in [0.3, 0.4) is 0 Å². The lowest BCUT2D eigenvalue weighted by Gasteiger charge is -2.63. The highest BCUT2D eigenvalue weighted by Crippen LogP contribution is 2.69. The van der Waals surface area contributed by atoms with Crippen molar-refractivity contribution in [3.63, 3.8) is 0 Å². The first-order valence-electron chi connectivity index (χ1n) is 14.4. The Kier molecular flexibility index (Phi) is 6.29. The van der Waals surface area contributed by atoms with Gasteiger partial charge in [-0.1, -0.05) is 39.0 Å². The molecule has 0 bridgehead atoms. The topological polar surface area (TPSA) is 65.0 Å². The molecule has 5 aliphatic rings. The highest BCUT2D eigenvalue weighted by Gasteiger charge is 2.65. The van der Waals surface area contributed by atoms with Crippen LogP contribution < -0.4 is 0 Å². The van der Waals surface area contributed by atoms with Gasteiger partial charge in [-0.15, -0.1) is 0 Å². The molecule has 9 atom stereocenters. The first-order valence-corrected chi connectivity index (χ1v) is 14.4. The second-order valence-corrected chi connectivity index (χ2v) is 13.2. The van der Waals surface area contributed by atoms with Gasteiger partial charge in [0.1, 0.15) is 6.10 Å². The molecule has 5 heteroatoms. The van der Waals surface area contributed by atoms with Crippen molar-refractivity contribution in [1.82, 2.24) is 0 Å². The van der Waals surface area contributed by atoms with Gasteiger partial charge in [-0.3, -0.25) is 0 Å². The number of rotatable bonds is 4. The molecular weight excluding hydrogens is 452 g/mol. The SMILES string of the molecule is C[C@H](CO)[C@H]1CCC2C3C(CC[C@@]21C)[C@@]1(C)CCC2(C[C@@H]1C[C@H]3OC(=O)c1ccccc1)OCCO2. The van der Waals surface area contributed by atoms with Crippen LogP contribution in [0.4, 0.5) is 0 Å². The smallest absolute Gasteiger partial charge is 0.338 e. The van der Waals surface area contributed by atoms with E-state index in [1.54, 1.807) is 0 Å². The van der Waals surface area contributed by atoms with Crippen LogP contribution >= 0.6 is 0 Å². The van der Waals surface area contributed by atoms with Crippen molar-refractivity contribution >= 4 is 5.97 Å². The van der Waals surface area contributed by atoms with Crippen LogP contribution in [0.2, 0.25) is 0 Å². The third kappa shape index (κ3) is 3.79. The molecule has 6 rings (SSSR count). The van der Waals surface area contributed by atoms with Gasteiger partial charge in [-0.2, -0.15) is 0 Å². The van der Waals surface area contributed by atoms with E-state index in [0.717, 1.165) is 25.7 Å². The highest BCUT2D eigenvalue weighted by atomic mass is 16.7. The molecule has 0 radical (unpaired) electrons. The molecule has 1 heterocycles. The lowest BCUT2D eigenvalue weighted by molar-refractivity contribution is -0.242. The Morgan fingerprint density at radius 2 is 1.75 bits per heavy atom. The van der Waals surface area contributed by atoms with Crippen molar-refractivity contribution in [2.24, 2.45) is 46.3 Å². The fourth-order valence-corrected chi connectivity index (χ4v) is 9.90. The van der Waals surface area contributed by atoms with Gasteiger partial charge >= 0.3 is 5.97 Å². The van der Waals surface area contributed by atoms with Gasteiger partial charge in [0.2, 0.25) is 0 Å². The second-order valence-electron chi connectivity index (χ2n) is 13.2. The van der Waals surface area contributed by atoms with Crippen LogP contribution in [0.1, 0.15) is 82.5 Å². The maximum absolute atomic E-state index is 13.4. The summed E-state index contributed by atoms with van der Waals surface area (Å²) in [7, 11) is 0. The van der Waals surface area contributed by atoms with E-state index in [1.165, 1.54) is 25.7 Å². The van der Waals surface area contributed by atoms with Gasteiger partial charge in [0.15, 0.2) is 5.79 Å². The zero-order valence-electron chi connectivity index (χ0n) is 22.3. The average Bonchev–Trinajstić information content (AvgIpc) is 3.49. The zero-order valence-corrected chi connectivity index (χ0v) is 22.3. The van der Waals surface area contributed by atoms with Crippen LogP contribution in [-0.2, 0) is 14.2 Å². The Morgan fingerprint density at radius 3 is 2.47 bits per heavy atom. The standard InChI is InChI=1S/C31H44O5/c1-20(19-32)23-9-10-24-27-25(11-12-30(23,24)3)29(2)13-14-31(34-15-16-35-31)18-22(29)17-26(27)36-28(33)21-7-5-4-6-8-21/h4-8,20,22-27,32H,9-19H2,1-3H3/t20-,22+,23-,24?,25?,26-,27?,29+,30-/m1/s1. The molecule has 0 aromatic heterocycles. The van der Waals surface area contributed by atoms with Crippen molar-refractivity contribution in [2.75, 3.05) is 19.8 Å². The van der Waals surface area contributed by atoms with E-state index in [-0.39, 0.29) is 29.5 Å². The van der Waals surface area contributed by atoms with Crippen LogP contribution in [0.5, 0.6) is 0 Å². The Labute approximate surface area is 216 Å². The second kappa shape index (κ2) is 9.10. The van der Waals surface area contributed by atoms with Gasteiger partial charge in [0.05, 0.1) is 18.8 Å². The number of carbonyl (C=O) groups excluding carboxylic acids is 1. The fraction of sp³-hybridized carbons (Fsp3) is 0.774. The van der Waals surface area contributed by atoms with Crippen LogP contribution in [-0.4, -0.2) is 42.8 Å². The fourth-order valence-electron chi connectivity index (χ4n) is 9.90. The van der Waals surface area contributed by atoms with Crippen molar-refractivity contribution in [2.45, 2.75) is 84.0 Å². The molecule has 4 saturated carbocycles. The minimum Gasteiger partial charge on any atom is -0.458 e. The van der Waals surface area contributed by atoms with Crippen molar-refractivity contribution in [3.8, 4) is 0 Å². The summed E-state index contributed by atoms with van der Waals surface area (Å²) in [5.74, 6) is 2.14. The van der Waals surface area contributed by atoms with E-state index in [0.29, 0.717) is 54.3 Å². The first-order chi connectivity index (χ1) is 17.3. The molecular formula is C31H44O5. The maximum Gasteiger partial charge on any atom is 0.338 e. The summed E-state index contributed by atoms with van der Waals surface area (Å²) in [5, 5.41) is 10.0. The lowest BCUT2D eigenvalue weighted by atomic mass is 9.43. The molecule has 36 heavy (non-hydrogen) atoms. The Morgan fingerprint density at radius 1 is 1.03 bits per heavy atom. The molecule has 1 aromatic rings. The zero-order chi connectivity index (χ0) is 25.1. The number of fused-ring (bicyclic) bond motifs is 5. The summed E-state index contributed by atoms with van der Waals surface area (Å²) >= 11 is 0. The monoisotopic (exact) mass is 496 g/mol. The molecule has 5 nitrogen and oxygen atoms in total. The van der Waals surface area contributed by atoms with E-state index < -0.39 is 5.79 Å². The molecule has 1 N–H and O–H groups in total. The molecule has 0 amide bonds. The molecule has 1 aromatic carbocycles. The summed E-state index contributed by atoms with van der Waals surface area (Å²) in [6.07, 6.45) is 8.60. The first kappa shape index (κ1) is 24.9. The van der Waals surface area contributed by atoms with Gasteiger partial charge in [0.25, 0.3) is 0 Å². The van der Waals surface area contributed by atoms with Crippen molar-refractivity contribution in [1.29, 1.82) is 0 Å². The van der Waals surface area contributed by atoms with Gasteiger partial charge < -0.3 is 19.3 Å². The summed E-state index contributed by atoms with van der Waals surface area (Å²) in [6.45, 7) is 8.86. The van der Waals surface area contributed by atoms with Gasteiger partial charge in [0, 0.05) is 25.4 Å². The molecule has 1 aliphatic heterocycles. The molecule has 3 unspecified atom stereocenters. The largest absolute Gasteiger partial charge is 0.458 e. The Balaban J connectivity index is 1.34. The quantitative estimate of drug-likeness (QED) is 0.530. The maximum atomic E-state index is 13.4. The number of aliphatic hydroxyl groups excluding tert-OH is 1. The van der Waals surface area contributed by atoms with Crippen LogP contribution in [0, 0.1) is 46.3 Å². The molecule has 4 aliphatic carbocycles. The van der Waals surface area contributed by atoms with E-state index in [4.69, 9.17) is 14.2 Å².